The summed E-state index contributed by atoms with van der Waals surface area (Å²) in [7, 11) is 0. The summed E-state index contributed by atoms with van der Waals surface area (Å²) in [6.07, 6.45) is 5.08. The van der Waals surface area contributed by atoms with Crippen molar-refractivity contribution in [3.05, 3.63) is 0 Å². The molecular weight excluding hydrogens is 120 g/mol. The van der Waals surface area contributed by atoms with Crippen LogP contribution >= 0.6 is 0 Å². The summed E-state index contributed by atoms with van der Waals surface area (Å²) in [5.74, 6) is 0. The first kappa shape index (κ1) is 7.94. The van der Waals surface area contributed by atoms with E-state index in [2.05, 4.69) is 10.3 Å². The van der Waals surface area contributed by atoms with Crippen LogP contribution in [0.3, 0.4) is 0 Å². The Morgan fingerprint density at radius 3 is 1.78 bits per heavy atom. The lowest BCUT2D eigenvalue weighted by molar-refractivity contribution is 0.319. The smallest absolute Gasteiger partial charge is 0.0436 e. The van der Waals surface area contributed by atoms with Crippen LogP contribution in [0.2, 0.25) is 0 Å². The highest BCUT2D eigenvalue weighted by Gasteiger charge is 1.79. The molecule has 2 N–H and O–H groups in total. The second-order valence-corrected chi connectivity index (χ2v) is 1.53. The zero-order valence-corrected chi connectivity index (χ0v) is 5.06. The fourth-order valence-electron chi connectivity index (χ4n) is 0.416. The van der Waals surface area contributed by atoms with Gasteiger partial charge in [0.2, 0.25) is 0 Å². The third kappa shape index (κ3) is 6.94. The number of rotatable bonds is 4. The van der Waals surface area contributed by atoms with Crippen molar-refractivity contribution >= 4 is 12.4 Å². The van der Waals surface area contributed by atoms with E-state index in [1.807, 2.05) is 0 Å². The highest BCUT2D eigenvalue weighted by atomic mass is 16.4. The molecule has 0 bridgehead atoms. The van der Waals surface area contributed by atoms with Crippen LogP contribution in [0.4, 0.5) is 0 Å². The summed E-state index contributed by atoms with van der Waals surface area (Å²) in [4.78, 5) is 0. The van der Waals surface area contributed by atoms with Crippen molar-refractivity contribution in [2.24, 2.45) is 10.3 Å². The molecule has 52 valence electrons. The lowest BCUT2D eigenvalue weighted by Gasteiger charge is -1.84. The third-order valence-corrected chi connectivity index (χ3v) is 0.830. The zero-order valence-electron chi connectivity index (χ0n) is 5.06. The molecule has 0 saturated carbocycles. The molecule has 0 aromatic heterocycles. The van der Waals surface area contributed by atoms with Gasteiger partial charge in [0.15, 0.2) is 0 Å². The topological polar surface area (TPSA) is 65.2 Å². The van der Waals surface area contributed by atoms with E-state index in [1.54, 1.807) is 0 Å². The zero-order chi connectivity index (χ0) is 6.95. The van der Waals surface area contributed by atoms with Crippen LogP contribution in [0.25, 0.3) is 0 Å². The maximum absolute atomic E-state index is 7.91. The van der Waals surface area contributed by atoms with Gasteiger partial charge in [-0.1, -0.05) is 0 Å². The number of nitrogens with zero attached hydrogens (tertiary/aromatic N) is 2. The molecule has 0 aliphatic carbocycles. The molecular formula is C5H10N2O2. The predicted octanol–water partition coefficient (Wildman–Crippen LogP) is 1.08. The summed E-state index contributed by atoms with van der Waals surface area (Å²) < 4.78 is 0. The molecule has 0 unspecified atom stereocenters. The Bertz CT molecular complexity index is 89.1. The van der Waals surface area contributed by atoms with Crippen LogP contribution in [0, 0.1) is 0 Å². The van der Waals surface area contributed by atoms with Crippen molar-refractivity contribution in [3.63, 3.8) is 0 Å². The standard InChI is InChI=1S/C5H10N2O2/c8-6-4-2-1-3-5-7-9/h4-5,8-9H,1-3H2/b6-4-,7-5+. The van der Waals surface area contributed by atoms with Crippen LogP contribution < -0.4 is 0 Å². The van der Waals surface area contributed by atoms with Crippen LogP contribution in [0.15, 0.2) is 10.3 Å². The molecule has 0 atom stereocenters. The average molecular weight is 130 g/mol. The van der Waals surface area contributed by atoms with Crippen LogP contribution in [0.5, 0.6) is 0 Å². The molecule has 0 fully saturated rings. The summed E-state index contributed by atoms with van der Waals surface area (Å²) in [5.41, 5.74) is 0. The lowest BCUT2D eigenvalue weighted by Crippen LogP contribution is -1.78. The molecule has 0 radical (unpaired) electrons. The summed E-state index contributed by atoms with van der Waals surface area (Å²) in [6, 6.07) is 0. The molecule has 0 saturated heterocycles. The SMILES string of the molecule is O/N=C\CCC/C=N/O. The minimum absolute atomic E-state index is 0.711. The molecule has 0 aliphatic rings. The Hall–Kier alpha value is -1.06. The van der Waals surface area contributed by atoms with Crippen molar-refractivity contribution < 1.29 is 10.4 Å². The fraction of sp³-hybridized carbons (Fsp3) is 0.600. The Kier molecular flexibility index (Phi) is 6.12. The first-order valence-corrected chi connectivity index (χ1v) is 2.73. The average Bonchev–Trinajstić information content (AvgIpc) is 1.89. The molecule has 4 heteroatoms. The molecule has 0 spiro atoms. The quantitative estimate of drug-likeness (QED) is 0.259. The van der Waals surface area contributed by atoms with Crippen molar-refractivity contribution in [1.82, 2.24) is 0 Å². The molecule has 0 aromatic carbocycles. The van der Waals surface area contributed by atoms with Crippen molar-refractivity contribution in [2.75, 3.05) is 0 Å². The predicted molar refractivity (Wildman–Crippen MR) is 34.4 cm³/mol. The van der Waals surface area contributed by atoms with E-state index in [-0.39, 0.29) is 0 Å². The van der Waals surface area contributed by atoms with Gasteiger partial charge in [0.05, 0.1) is 0 Å². The van der Waals surface area contributed by atoms with Crippen molar-refractivity contribution in [3.8, 4) is 0 Å². The molecule has 0 aromatic rings. The maximum Gasteiger partial charge on any atom is 0.0436 e. The second kappa shape index (κ2) is 6.94. The number of unbranched alkanes of at least 4 members (excludes halogenated alkanes) is 2. The van der Waals surface area contributed by atoms with E-state index < -0.39 is 0 Å². The molecule has 0 aliphatic heterocycles. The molecule has 0 heterocycles. The van der Waals surface area contributed by atoms with Gasteiger partial charge in [-0.15, -0.1) is 10.3 Å². The largest absolute Gasteiger partial charge is 0.411 e. The second-order valence-electron chi connectivity index (χ2n) is 1.53. The van der Waals surface area contributed by atoms with Gasteiger partial charge >= 0.3 is 0 Å². The van der Waals surface area contributed by atoms with Crippen LogP contribution in [-0.2, 0) is 0 Å². The van der Waals surface area contributed by atoms with Gasteiger partial charge in [-0.2, -0.15) is 0 Å². The monoisotopic (exact) mass is 130 g/mol. The van der Waals surface area contributed by atoms with Gasteiger partial charge in [-0.05, 0) is 19.3 Å². The van der Waals surface area contributed by atoms with Gasteiger partial charge < -0.3 is 10.4 Å². The van der Waals surface area contributed by atoms with E-state index in [9.17, 15) is 0 Å². The van der Waals surface area contributed by atoms with E-state index >= 15 is 0 Å². The first-order valence-electron chi connectivity index (χ1n) is 2.73. The minimum atomic E-state index is 0.711. The highest BCUT2D eigenvalue weighted by Crippen LogP contribution is 1.88. The normalized spacial score (nSPS) is 11.6. The number of oxime groups is 2. The highest BCUT2D eigenvalue weighted by molar-refractivity contribution is 5.59. The van der Waals surface area contributed by atoms with E-state index in [4.69, 9.17) is 10.4 Å². The van der Waals surface area contributed by atoms with Crippen molar-refractivity contribution in [2.45, 2.75) is 19.3 Å². The van der Waals surface area contributed by atoms with Gasteiger partial charge in [0.1, 0.15) is 0 Å². The lowest BCUT2D eigenvalue weighted by atomic mass is 10.3. The van der Waals surface area contributed by atoms with Gasteiger partial charge in [-0.3, -0.25) is 0 Å². The summed E-state index contributed by atoms with van der Waals surface area (Å²) in [6.45, 7) is 0. The van der Waals surface area contributed by atoms with E-state index in [1.165, 1.54) is 12.4 Å². The van der Waals surface area contributed by atoms with Gasteiger partial charge in [-0.25, -0.2) is 0 Å². The Morgan fingerprint density at radius 1 is 1.00 bits per heavy atom. The maximum atomic E-state index is 7.91. The number of hydrogen-bond donors (Lipinski definition) is 2. The molecule has 0 amide bonds. The summed E-state index contributed by atoms with van der Waals surface area (Å²) >= 11 is 0. The van der Waals surface area contributed by atoms with Crippen molar-refractivity contribution in [1.29, 1.82) is 0 Å². The van der Waals surface area contributed by atoms with Crippen LogP contribution in [-0.4, -0.2) is 22.8 Å². The van der Waals surface area contributed by atoms with Gasteiger partial charge in [0, 0.05) is 12.4 Å². The molecule has 0 rings (SSSR count). The Labute approximate surface area is 53.5 Å². The van der Waals surface area contributed by atoms with Gasteiger partial charge in [0.25, 0.3) is 0 Å². The Balaban J connectivity index is 2.91. The Morgan fingerprint density at radius 2 is 1.44 bits per heavy atom. The molecule has 9 heavy (non-hydrogen) atoms. The fourth-order valence-corrected chi connectivity index (χ4v) is 0.416. The van der Waals surface area contributed by atoms with Crippen LogP contribution in [0.1, 0.15) is 19.3 Å². The summed E-state index contributed by atoms with van der Waals surface area (Å²) in [5, 5.41) is 21.4. The molecule has 4 nitrogen and oxygen atoms in total. The first-order chi connectivity index (χ1) is 4.41. The van der Waals surface area contributed by atoms with E-state index in [0.29, 0.717) is 12.8 Å². The number of hydrogen-bond acceptors (Lipinski definition) is 4. The third-order valence-electron chi connectivity index (χ3n) is 0.830. The minimum Gasteiger partial charge on any atom is -0.411 e. The van der Waals surface area contributed by atoms with E-state index in [0.717, 1.165) is 6.42 Å².